The normalized spacial score (nSPS) is 14.0. The van der Waals surface area contributed by atoms with Crippen molar-refractivity contribution in [2.75, 3.05) is 14.1 Å². The fourth-order valence-electron chi connectivity index (χ4n) is 4.21. The molecule has 1 aromatic carbocycles. The third-order valence-corrected chi connectivity index (χ3v) is 6.77. The van der Waals surface area contributed by atoms with Gasteiger partial charge in [-0.1, -0.05) is 43.6 Å². The van der Waals surface area contributed by atoms with Crippen LogP contribution in [0.3, 0.4) is 0 Å². The standard InChI is InChI=1S/C26H25ClN6O3S/c1-26(2,24(35)32-25(29)37-13-28)20-16-9-11-18(14-5-7-15(8-6-14)23(34)33(3)4)30-21(16)36-22-17(20)10-12-19(27)31-22/h5-13,20,28H,1-4H3,(H2,29,32,35). The fraction of sp³-hybridized carbons (Fsp3) is 0.231. The first-order chi connectivity index (χ1) is 17.5. The van der Waals surface area contributed by atoms with Crippen molar-refractivity contribution < 1.29 is 14.3 Å². The minimum absolute atomic E-state index is 0.0942. The number of nitrogens with one attached hydrogen (secondary N) is 3. The summed E-state index contributed by atoms with van der Waals surface area (Å²) in [6, 6.07) is 14.2. The zero-order valence-electron chi connectivity index (χ0n) is 20.6. The molecule has 4 rings (SSSR count). The van der Waals surface area contributed by atoms with Gasteiger partial charge < -0.3 is 20.4 Å². The summed E-state index contributed by atoms with van der Waals surface area (Å²) in [6.45, 7) is 3.55. The molecule has 3 aromatic rings. The number of rotatable bonds is 5. The average molecular weight is 537 g/mol. The van der Waals surface area contributed by atoms with Crippen molar-refractivity contribution in [1.29, 1.82) is 10.8 Å². The highest BCUT2D eigenvalue weighted by Gasteiger charge is 2.45. The van der Waals surface area contributed by atoms with Crippen molar-refractivity contribution >= 4 is 45.9 Å². The number of hydrogen-bond acceptors (Lipinski definition) is 8. The number of benzene rings is 1. The first kappa shape index (κ1) is 26.3. The number of ether oxygens (including phenoxy) is 1. The average Bonchev–Trinajstić information content (AvgIpc) is 2.86. The van der Waals surface area contributed by atoms with Crippen LogP contribution in [0.5, 0.6) is 11.8 Å². The van der Waals surface area contributed by atoms with Crippen LogP contribution in [0, 0.1) is 16.2 Å². The maximum absolute atomic E-state index is 13.3. The molecular weight excluding hydrogens is 512 g/mol. The third kappa shape index (κ3) is 5.21. The summed E-state index contributed by atoms with van der Waals surface area (Å²) in [6.07, 6.45) is 0. The lowest BCUT2D eigenvalue weighted by atomic mass is 9.70. The number of fused-ring (bicyclic) bond motifs is 2. The highest BCUT2D eigenvalue weighted by Crippen LogP contribution is 2.51. The number of thioether (sulfide) groups is 1. The second-order valence-electron chi connectivity index (χ2n) is 9.17. The Morgan fingerprint density at radius 1 is 1.05 bits per heavy atom. The Morgan fingerprint density at radius 2 is 1.68 bits per heavy atom. The van der Waals surface area contributed by atoms with Crippen LogP contribution in [0.4, 0.5) is 0 Å². The van der Waals surface area contributed by atoms with Gasteiger partial charge in [0.05, 0.1) is 16.7 Å². The van der Waals surface area contributed by atoms with Gasteiger partial charge in [-0.2, -0.15) is 0 Å². The van der Waals surface area contributed by atoms with Crippen LogP contribution in [0.15, 0.2) is 48.5 Å². The number of nitrogens with zero attached hydrogens (tertiary/aromatic N) is 3. The molecule has 190 valence electrons. The second kappa shape index (κ2) is 10.3. The summed E-state index contributed by atoms with van der Waals surface area (Å²) in [5, 5.41) is 17.7. The van der Waals surface area contributed by atoms with Gasteiger partial charge in [-0.25, -0.2) is 9.97 Å². The highest BCUT2D eigenvalue weighted by atomic mass is 35.5. The van der Waals surface area contributed by atoms with Crippen LogP contribution >= 0.6 is 23.4 Å². The third-order valence-electron chi connectivity index (χ3n) is 6.11. The van der Waals surface area contributed by atoms with Gasteiger partial charge in [0.25, 0.3) is 5.91 Å². The molecule has 9 nitrogen and oxygen atoms in total. The van der Waals surface area contributed by atoms with Gasteiger partial charge >= 0.3 is 0 Å². The number of carbonyl (C=O) groups is 2. The van der Waals surface area contributed by atoms with Crippen LogP contribution in [0.25, 0.3) is 11.3 Å². The molecule has 0 saturated carbocycles. The first-order valence-electron chi connectivity index (χ1n) is 11.3. The van der Waals surface area contributed by atoms with Crippen LogP contribution in [-0.4, -0.2) is 51.5 Å². The lowest BCUT2D eigenvalue weighted by Gasteiger charge is -2.37. The van der Waals surface area contributed by atoms with Crippen LogP contribution in [-0.2, 0) is 4.79 Å². The van der Waals surface area contributed by atoms with Gasteiger partial charge in [-0.3, -0.25) is 15.0 Å². The van der Waals surface area contributed by atoms with E-state index in [1.165, 1.54) is 4.90 Å². The lowest BCUT2D eigenvalue weighted by Crippen LogP contribution is -2.43. The smallest absolute Gasteiger partial charge is 0.253 e. The minimum Gasteiger partial charge on any atom is -0.420 e. The van der Waals surface area contributed by atoms with Crippen molar-refractivity contribution in [2.24, 2.45) is 5.41 Å². The number of aromatic nitrogens is 2. The van der Waals surface area contributed by atoms with Crippen molar-refractivity contribution in [3.8, 4) is 23.0 Å². The predicted octanol–water partition coefficient (Wildman–Crippen LogP) is 5.15. The van der Waals surface area contributed by atoms with Crippen molar-refractivity contribution in [2.45, 2.75) is 19.8 Å². The van der Waals surface area contributed by atoms with Crippen molar-refractivity contribution in [1.82, 2.24) is 20.2 Å². The molecule has 0 aliphatic carbocycles. The number of amides is 2. The highest BCUT2D eigenvalue weighted by molar-refractivity contribution is 8.24. The minimum atomic E-state index is -1.05. The molecule has 0 fully saturated rings. The van der Waals surface area contributed by atoms with E-state index in [2.05, 4.69) is 10.3 Å². The Hall–Kier alpha value is -3.76. The summed E-state index contributed by atoms with van der Waals surface area (Å²) < 4.78 is 6.06. The molecule has 11 heteroatoms. The SMILES string of the molecule is CN(C)C(=O)c1ccc(-c2ccc3c(n2)Oc2nc(Cl)ccc2C3C(C)(C)C(=O)NC(=N)SC=N)cc1. The topological polar surface area (TPSA) is 132 Å². The quantitative estimate of drug-likeness (QED) is 0.234. The van der Waals surface area contributed by atoms with E-state index in [1.807, 2.05) is 24.3 Å². The lowest BCUT2D eigenvalue weighted by molar-refractivity contribution is -0.128. The van der Waals surface area contributed by atoms with E-state index in [0.29, 0.717) is 28.3 Å². The summed E-state index contributed by atoms with van der Waals surface area (Å²) in [4.78, 5) is 36.1. The molecule has 0 saturated heterocycles. The molecule has 1 atom stereocenters. The maximum atomic E-state index is 13.3. The molecular formula is C26H25ClN6O3S. The summed E-state index contributed by atoms with van der Waals surface area (Å²) in [5.41, 5.74) is 3.27. The van der Waals surface area contributed by atoms with Gasteiger partial charge in [-0.05, 0) is 42.1 Å². The Morgan fingerprint density at radius 3 is 2.30 bits per heavy atom. The maximum Gasteiger partial charge on any atom is 0.253 e. The Kier molecular flexibility index (Phi) is 7.33. The molecule has 2 amide bonds. The molecule has 0 spiro atoms. The van der Waals surface area contributed by atoms with Gasteiger partial charge in [0, 0.05) is 42.3 Å². The van der Waals surface area contributed by atoms with Gasteiger partial charge in [0.15, 0.2) is 5.17 Å². The van der Waals surface area contributed by atoms with Crippen LogP contribution in [0.2, 0.25) is 5.15 Å². The second-order valence-corrected chi connectivity index (χ2v) is 10.4. The number of halogens is 1. The van der Waals surface area contributed by atoms with E-state index in [0.717, 1.165) is 22.9 Å². The molecule has 0 radical (unpaired) electrons. The number of amidine groups is 1. The molecule has 3 N–H and O–H groups in total. The summed E-state index contributed by atoms with van der Waals surface area (Å²) in [7, 11) is 3.40. The molecule has 3 heterocycles. The van der Waals surface area contributed by atoms with Crippen molar-refractivity contribution in [3.63, 3.8) is 0 Å². The number of carbonyl (C=O) groups excluding carboxylic acids is 2. The Bertz CT molecular complexity index is 1410. The summed E-state index contributed by atoms with van der Waals surface area (Å²) >= 11 is 6.95. The van der Waals surface area contributed by atoms with E-state index >= 15 is 0 Å². The molecule has 0 bridgehead atoms. The van der Waals surface area contributed by atoms with Gasteiger partial charge in [0.1, 0.15) is 5.15 Å². The van der Waals surface area contributed by atoms with E-state index in [-0.39, 0.29) is 22.1 Å². The van der Waals surface area contributed by atoms with Crippen LogP contribution in [0.1, 0.15) is 41.3 Å². The summed E-state index contributed by atoms with van der Waals surface area (Å²) in [5.74, 6) is -0.441. The van der Waals surface area contributed by atoms with Crippen LogP contribution < -0.4 is 10.1 Å². The Labute approximate surface area is 223 Å². The van der Waals surface area contributed by atoms with Gasteiger partial charge in [-0.15, -0.1) is 0 Å². The van der Waals surface area contributed by atoms with E-state index in [1.54, 1.807) is 52.2 Å². The molecule has 1 aliphatic rings. The fourth-order valence-corrected chi connectivity index (χ4v) is 4.61. The van der Waals surface area contributed by atoms with E-state index in [4.69, 9.17) is 32.1 Å². The Balaban J connectivity index is 1.75. The van der Waals surface area contributed by atoms with E-state index < -0.39 is 17.2 Å². The molecule has 1 unspecified atom stereocenters. The zero-order chi connectivity index (χ0) is 26.9. The van der Waals surface area contributed by atoms with Gasteiger partial charge in [0.2, 0.25) is 17.7 Å². The number of hydrogen-bond donors (Lipinski definition) is 3. The monoisotopic (exact) mass is 536 g/mol. The molecule has 37 heavy (non-hydrogen) atoms. The van der Waals surface area contributed by atoms with Crippen molar-refractivity contribution in [3.05, 3.63) is 70.4 Å². The number of pyridine rings is 2. The molecule has 2 aromatic heterocycles. The van der Waals surface area contributed by atoms with E-state index in [9.17, 15) is 9.59 Å². The zero-order valence-corrected chi connectivity index (χ0v) is 22.2. The molecule has 1 aliphatic heterocycles. The first-order valence-corrected chi connectivity index (χ1v) is 12.5. The predicted molar refractivity (Wildman–Crippen MR) is 145 cm³/mol. The largest absolute Gasteiger partial charge is 0.420 e.